The summed E-state index contributed by atoms with van der Waals surface area (Å²) in [7, 11) is 0. The fourth-order valence-electron chi connectivity index (χ4n) is 2.32. The average molecular weight is 234 g/mol. The summed E-state index contributed by atoms with van der Waals surface area (Å²) in [5.41, 5.74) is 6.52. The van der Waals surface area contributed by atoms with Gasteiger partial charge in [-0.05, 0) is 12.8 Å². The molecule has 1 aromatic rings. The summed E-state index contributed by atoms with van der Waals surface area (Å²) < 4.78 is 0. The molecule has 0 aromatic carbocycles. The Kier molecular flexibility index (Phi) is 3.68. The van der Waals surface area contributed by atoms with Gasteiger partial charge in [-0.2, -0.15) is 0 Å². The van der Waals surface area contributed by atoms with Crippen LogP contribution in [-0.2, 0) is 4.79 Å². The van der Waals surface area contributed by atoms with Crippen LogP contribution in [0.3, 0.4) is 0 Å². The molecular weight excluding hydrogens is 216 g/mol. The van der Waals surface area contributed by atoms with Crippen molar-refractivity contribution in [2.24, 2.45) is 5.73 Å². The molecule has 1 aliphatic rings. The zero-order chi connectivity index (χ0) is 12.1. The fourth-order valence-corrected chi connectivity index (χ4v) is 2.32. The van der Waals surface area contributed by atoms with E-state index in [2.05, 4.69) is 15.3 Å². The van der Waals surface area contributed by atoms with E-state index in [0.29, 0.717) is 12.1 Å². The third-order valence-electron chi connectivity index (χ3n) is 3.21. The van der Waals surface area contributed by atoms with Gasteiger partial charge in [-0.1, -0.05) is 19.3 Å². The van der Waals surface area contributed by atoms with E-state index in [1.54, 1.807) is 12.4 Å². The molecule has 1 aromatic heterocycles. The van der Waals surface area contributed by atoms with E-state index in [1.807, 2.05) is 0 Å². The van der Waals surface area contributed by atoms with Crippen LogP contribution in [0.1, 0.15) is 38.5 Å². The highest BCUT2D eigenvalue weighted by atomic mass is 16.1. The lowest BCUT2D eigenvalue weighted by Crippen LogP contribution is -2.44. The Hall–Kier alpha value is -1.49. The molecule has 5 nitrogen and oxygen atoms in total. The van der Waals surface area contributed by atoms with Gasteiger partial charge in [0, 0.05) is 12.0 Å². The van der Waals surface area contributed by atoms with Crippen molar-refractivity contribution in [3.8, 4) is 0 Å². The van der Waals surface area contributed by atoms with Gasteiger partial charge < -0.3 is 11.1 Å². The fraction of sp³-hybridized carbons (Fsp3) is 0.583. The van der Waals surface area contributed by atoms with Gasteiger partial charge in [-0.25, -0.2) is 9.97 Å². The van der Waals surface area contributed by atoms with Gasteiger partial charge in [-0.15, -0.1) is 0 Å². The molecule has 1 fully saturated rings. The molecule has 0 atom stereocenters. The van der Waals surface area contributed by atoms with Crippen molar-refractivity contribution < 1.29 is 4.79 Å². The molecule has 0 unspecified atom stereocenters. The summed E-state index contributed by atoms with van der Waals surface area (Å²) in [5.74, 6) is -0.0517. The summed E-state index contributed by atoms with van der Waals surface area (Å²) in [5, 5.41) is 2.77. The van der Waals surface area contributed by atoms with Gasteiger partial charge in [0.25, 0.3) is 0 Å². The first-order chi connectivity index (χ1) is 8.18. The van der Waals surface area contributed by atoms with E-state index >= 15 is 0 Å². The highest BCUT2D eigenvalue weighted by Crippen LogP contribution is 2.28. The number of nitrogens with two attached hydrogens (primary N) is 1. The second kappa shape index (κ2) is 5.23. The Morgan fingerprint density at radius 3 is 2.59 bits per heavy atom. The Morgan fingerprint density at radius 2 is 1.94 bits per heavy atom. The zero-order valence-electron chi connectivity index (χ0n) is 9.85. The highest BCUT2D eigenvalue weighted by Gasteiger charge is 2.29. The lowest BCUT2D eigenvalue weighted by molar-refractivity contribution is -0.117. The highest BCUT2D eigenvalue weighted by molar-refractivity contribution is 5.91. The van der Waals surface area contributed by atoms with Crippen molar-refractivity contribution in [2.75, 3.05) is 5.32 Å². The van der Waals surface area contributed by atoms with Crippen molar-refractivity contribution >= 4 is 11.6 Å². The quantitative estimate of drug-likeness (QED) is 0.829. The number of rotatable bonds is 3. The van der Waals surface area contributed by atoms with Gasteiger partial charge in [0.15, 0.2) is 0 Å². The molecule has 0 saturated heterocycles. The smallest absolute Gasteiger partial charge is 0.226 e. The first kappa shape index (κ1) is 12.0. The Bertz CT molecular complexity index is 373. The molecule has 5 heteroatoms. The number of nitrogens with zero attached hydrogens (tertiary/aromatic N) is 2. The SMILES string of the molecule is NC1(CC(=O)Nc2cncnc2)CCCCC1. The van der Waals surface area contributed by atoms with E-state index in [-0.39, 0.29) is 11.4 Å². The lowest BCUT2D eigenvalue weighted by Gasteiger charge is -2.32. The van der Waals surface area contributed by atoms with Gasteiger partial charge >= 0.3 is 0 Å². The maximum Gasteiger partial charge on any atom is 0.226 e. The summed E-state index contributed by atoms with van der Waals surface area (Å²) in [6, 6.07) is 0. The number of amides is 1. The van der Waals surface area contributed by atoms with Crippen LogP contribution in [-0.4, -0.2) is 21.4 Å². The van der Waals surface area contributed by atoms with Gasteiger partial charge in [-0.3, -0.25) is 4.79 Å². The number of nitrogens with one attached hydrogen (secondary N) is 1. The molecule has 92 valence electrons. The van der Waals surface area contributed by atoms with E-state index in [0.717, 1.165) is 25.7 Å². The average Bonchev–Trinajstić information content (AvgIpc) is 2.30. The van der Waals surface area contributed by atoms with Crippen LogP contribution < -0.4 is 11.1 Å². The Balaban J connectivity index is 1.88. The maximum atomic E-state index is 11.8. The molecule has 0 spiro atoms. The minimum Gasteiger partial charge on any atom is -0.325 e. The Labute approximate surface area is 101 Å². The molecule has 1 amide bonds. The largest absolute Gasteiger partial charge is 0.325 e. The molecule has 0 radical (unpaired) electrons. The third-order valence-corrected chi connectivity index (χ3v) is 3.21. The van der Waals surface area contributed by atoms with Gasteiger partial charge in [0.1, 0.15) is 6.33 Å². The predicted molar refractivity (Wildman–Crippen MR) is 65.3 cm³/mol. The van der Waals surface area contributed by atoms with E-state index < -0.39 is 0 Å². The molecule has 2 rings (SSSR count). The molecule has 0 bridgehead atoms. The van der Waals surface area contributed by atoms with E-state index in [9.17, 15) is 4.79 Å². The number of hydrogen-bond donors (Lipinski definition) is 2. The van der Waals surface area contributed by atoms with Crippen LogP contribution in [0.4, 0.5) is 5.69 Å². The number of hydrogen-bond acceptors (Lipinski definition) is 4. The molecule has 17 heavy (non-hydrogen) atoms. The third kappa shape index (κ3) is 3.49. The first-order valence-corrected chi connectivity index (χ1v) is 6.02. The monoisotopic (exact) mass is 234 g/mol. The topological polar surface area (TPSA) is 80.9 Å². The Morgan fingerprint density at radius 1 is 1.29 bits per heavy atom. The van der Waals surface area contributed by atoms with Crippen LogP contribution in [0.25, 0.3) is 0 Å². The van der Waals surface area contributed by atoms with Gasteiger partial charge in [0.2, 0.25) is 5.91 Å². The number of aromatic nitrogens is 2. The van der Waals surface area contributed by atoms with E-state index in [4.69, 9.17) is 5.73 Å². The van der Waals surface area contributed by atoms with Crippen LogP contribution in [0, 0.1) is 0 Å². The van der Waals surface area contributed by atoms with Crippen molar-refractivity contribution in [1.82, 2.24) is 9.97 Å². The zero-order valence-corrected chi connectivity index (χ0v) is 9.85. The second-order valence-corrected chi connectivity index (χ2v) is 4.78. The molecule has 1 heterocycles. The summed E-state index contributed by atoms with van der Waals surface area (Å²) in [6.07, 6.45) is 10.3. The molecule has 1 saturated carbocycles. The maximum absolute atomic E-state index is 11.8. The first-order valence-electron chi connectivity index (χ1n) is 6.02. The van der Waals surface area contributed by atoms with Crippen molar-refractivity contribution in [2.45, 2.75) is 44.1 Å². The van der Waals surface area contributed by atoms with Crippen molar-refractivity contribution in [1.29, 1.82) is 0 Å². The van der Waals surface area contributed by atoms with Crippen LogP contribution in [0.2, 0.25) is 0 Å². The molecule has 3 N–H and O–H groups in total. The van der Waals surface area contributed by atoms with Crippen LogP contribution in [0.15, 0.2) is 18.7 Å². The van der Waals surface area contributed by atoms with Crippen LogP contribution in [0.5, 0.6) is 0 Å². The van der Waals surface area contributed by atoms with Gasteiger partial charge in [0.05, 0.1) is 18.1 Å². The van der Waals surface area contributed by atoms with Crippen molar-refractivity contribution in [3.05, 3.63) is 18.7 Å². The second-order valence-electron chi connectivity index (χ2n) is 4.78. The standard InChI is InChI=1S/C12H18N4O/c13-12(4-2-1-3-5-12)6-11(17)16-10-7-14-9-15-8-10/h7-9H,1-6,13H2,(H,16,17). The number of anilines is 1. The minimum atomic E-state index is -0.321. The van der Waals surface area contributed by atoms with Crippen molar-refractivity contribution in [3.63, 3.8) is 0 Å². The molecule has 0 aliphatic heterocycles. The summed E-state index contributed by atoms with van der Waals surface area (Å²) >= 11 is 0. The van der Waals surface area contributed by atoms with Crippen LogP contribution >= 0.6 is 0 Å². The molecule has 1 aliphatic carbocycles. The lowest BCUT2D eigenvalue weighted by atomic mass is 9.80. The summed E-state index contributed by atoms with van der Waals surface area (Å²) in [4.78, 5) is 19.5. The van der Waals surface area contributed by atoms with E-state index in [1.165, 1.54) is 12.7 Å². The summed E-state index contributed by atoms with van der Waals surface area (Å²) in [6.45, 7) is 0. The minimum absolute atomic E-state index is 0.0517. The molecular formula is C12H18N4O. The normalized spacial score (nSPS) is 18.6. The number of carbonyl (C=O) groups excluding carboxylic acids is 1. The predicted octanol–water partition coefficient (Wildman–Crippen LogP) is 1.47. The number of carbonyl (C=O) groups is 1.